The number of carboxylic acid groups (broad SMARTS) is 1. The Kier molecular flexibility index (Phi) is 3.68. The fraction of sp³-hybridized carbons (Fsp3) is 0. The molecule has 0 aliphatic carbocycles. The molecule has 0 atom stereocenters. The van der Waals surface area contributed by atoms with Gasteiger partial charge in [-0.15, -0.1) is 0 Å². The van der Waals surface area contributed by atoms with Crippen LogP contribution in [0.5, 0.6) is 0 Å². The SMILES string of the molecule is O=C(O)c1ccc(N2C(=O)c3cccc([N+](=O)[O-])c3C2=O)cc1[N+](=O)[O-]. The van der Waals surface area contributed by atoms with Gasteiger partial charge in [0.1, 0.15) is 11.1 Å². The minimum absolute atomic E-state index is 0.214. The summed E-state index contributed by atoms with van der Waals surface area (Å²) in [6.45, 7) is 0. The number of carboxylic acids is 1. The van der Waals surface area contributed by atoms with Crippen molar-refractivity contribution in [3.8, 4) is 0 Å². The maximum atomic E-state index is 12.5. The van der Waals surface area contributed by atoms with Crippen molar-refractivity contribution in [2.45, 2.75) is 0 Å². The van der Waals surface area contributed by atoms with Crippen molar-refractivity contribution in [3.63, 3.8) is 0 Å². The standard InChI is InChI=1S/C15H7N3O8/c19-13-9-2-1-3-10(17(23)24)12(9)14(20)16(13)7-4-5-8(15(21)22)11(6-7)18(25)26/h1-6H,(H,21,22). The molecule has 11 nitrogen and oxygen atoms in total. The van der Waals surface area contributed by atoms with E-state index in [1.807, 2.05) is 0 Å². The molecule has 2 aromatic carbocycles. The van der Waals surface area contributed by atoms with Gasteiger partial charge in [-0.3, -0.25) is 29.8 Å². The molecular weight excluding hydrogens is 350 g/mol. The fourth-order valence-corrected chi connectivity index (χ4v) is 2.65. The lowest BCUT2D eigenvalue weighted by Crippen LogP contribution is -2.29. The van der Waals surface area contributed by atoms with Crippen molar-refractivity contribution in [2.24, 2.45) is 0 Å². The van der Waals surface area contributed by atoms with Crippen LogP contribution >= 0.6 is 0 Å². The molecule has 0 saturated heterocycles. The van der Waals surface area contributed by atoms with E-state index < -0.39 is 50.1 Å². The van der Waals surface area contributed by atoms with Gasteiger partial charge in [0.15, 0.2) is 0 Å². The largest absolute Gasteiger partial charge is 0.477 e. The Morgan fingerprint density at radius 2 is 1.62 bits per heavy atom. The molecule has 3 rings (SSSR count). The molecule has 2 aromatic rings. The predicted octanol–water partition coefficient (Wildman–Crippen LogP) is 2.00. The minimum Gasteiger partial charge on any atom is -0.477 e. The van der Waals surface area contributed by atoms with Crippen molar-refractivity contribution < 1.29 is 29.3 Å². The second-order valence-corrected chi connectivity index (χ2v) is 5.17. The van der Waals surface area contributed by atoms with Gasteiger partial charge < -0.3 is 5.11 Å². The number of carbonyl (C=O) groups excluding carboxylic acids is 2. The molecule has 0 radical (unpaired) electrons. The van der Waals surface area contributed by atoms with E-state index in [0.717, 1.165) is 24.3 Å². The van der Waals surface area contributed by atoms with Gasteiger partial charge in [-0.1, -0.05) is 6.07 Å². The number of hydrogen-bond acceptors (Lipinski definition) is 7. The molecule has 1 heterocycles. The van der Waals surface area contributed by atoms with Crippen LogP contribution < -0.4 is 4.90 Å². The molecule has 130 valence electrons. The third kappa shape index (κ3) is 2.34. The van der Waals surface area contributed by atoms with Crippen LogP contribution in [-0.2, 0) is 0 Å². The normalized spacial score (nSPS) is 12.8. The van der Waals surface area contributed by atoms with Crippen LogP contribution in [0.15, 0.2) is 36.4 Å². The number of amides is 2. The van der Waals surface area contributed by atoms with Gasteiger partial charge in [0.2, 0.25) is 0 Å². The molecule has 1 aliphatic rings. The van der Waals surface area contributed by atoms with E-state index in [4.69, 9.17) is 5.11 Å². The number of anilines is 1. The number of nitro groups is 2. The topological polar surface area (TPSA) is 161 Å². The number of nitrogens with zero attached hydrogens (tertiary/aromatic N) is 3. The van der Waals surface area contributed by atoms with Crippen LogP contribution in [0.2, 0.25) is 0 Å². The third-order valence-corrected chi connectivity index (χ3v) is 3.76. The van der Waals surface area contributed by atoms with E-state index in [-0.39, 0.29) is 11.3 Å². The van der Waals surface area contributed by atoms with E-state index in [2.05, 4.69) is 0 Å². The summed E-state index contributed by atoms with van der Waals surface area (Å²) in [6, 6.07) is 6.21. The number of carbonyl (C=O) groups is 3. The number of fused-ring (bicyclic) bond motifs is 1. The third-order valence-electron chi connectivity index (χ3n) is 3.76. The highest BCUT2D eigenvalue weighted by molar-refractivity contribution is 6.35. The first-order chi connectivity index (χ1) is 12.2. The zero-order chi connectivity index (χ0) is 19.2. The number of hydrogen-bond donors (Lipinski definition) is 1. The van der Waals surface area contributed by atoms with E-state index in [1.165, 1.54) is 12.1 Å². The monoisotopic (exact) mass is 357 g/mol. The molecule has 0 spiro atoms. The van der Waals surface area contributed by atoms with Gasteiger partial charge in [-0.2, -0.15) is 0 Å². The first-order valence-corrected chi connectivity index (χ1v) is 6.92. The molecule has 0 saturated carbocycles. The fourth-order valence-electron chi connectivity index (χ4n) is 2.65. The number of aromatic carboxylic acids is 1. The number of benzene rings is 2. The van der Waals surface area contributed by atoms with Crippen LogP contribution in [0.3, 0.4) is 0 Å². The average molecular weight is 357 g/mol. The van der Waals surface area contributed by atoms with Crippen LogP contribution in [0.4, 0.5) is 17.1 Å². The van der Waals surface area contributed by atoms with Gasteiger partial charge in [0.25, 0.3) is 23.2 Å². The lowest BCUT2D eigenvalue weighted by molar-refractivity contribution is -0.385. The molecule has 0 fully saturated rings. The Hall–Kier alpha value is -4.15. The zero-order valence-electron chi connectivity index (χ0n) is 12.6. The van der Waals surface area contributed by atoms with Crippen molar-refractivity contribution in [1.82, 2.24) is 0 Å². The first-order valence-electron chi connectivity index (χ1n) is 6.92. The van der Waals surface area contributed by atoms with Crippen LogP contribution in [0, 0.1) is 20.2 Å². The Labute approximate surface area is 143 Å². The molecule has 0 aromatic heterocycles. The lowest BCUT2D eigenvalue weighted by atomic mass is 10.1. The summed E-state index contributed by atoms with van der Waals surface area (Å²) in [6.07, 6.45) is 0. The van der Waals surface area contributed by atoms with Crippen LogP contribution in [0.1, 0.15) is 31.1 Å². The smallest absolute Gasteiger partial charge is 0.342 e. The predicted molar refractivity (Wildman–Crippen MR) is 84.3 cm³/mol. The zero-order valence-corrected chi connectivity index (χ0v) is 12.6. The average Bonchev–Trinajstić information content (AvgIpc) is 2.85. The van der Waals surface area contributed by atoms with Crippen molar-refractivity contribution in [1.29, 1.82) is 0 Å². The molecule has 1 aliphatic heterocycles. The maximum absolute atomic E-state index is 12.5. The van der Waals surface area contributed by atoms with Crippen LogP contribution in [-0.4, -0.2) is 32.7 Å². The van der Waals surface area contributed by atoms with Gasteiger partial charge in [0.05, 0.1) is 21.1 Å². The molecule has 11 heteroatoms. The van der Waals surface area contributed by atoms with E-state index in [1.54, 1.807) is 0 Å². The first kappa shape index (κ1) is 16.7. The summed E-state index contributed by atoms with van der Waals surface area (Å²) in [5.74, 6) is -3.47. The summed E-state index contributed by atoms with van der Waals surface area (Å²) < 4.78 is 0. The molecule has 0 bridgehead atoms. The highest BCUT2D eigenvalue weighted by atomic mass is 16.6. The summed E-state index contributed by atoms with van der Waals surface area (Å²) in [5.41, 5.74) is -2.91. The number of rotatable bonds is 4. The maximum Gasteiger partial charge on any atom is 0.342 e. The molecular formula is C15H7N3O8. The Morgan fingerprint density at radius 3 is 2.19 bits per heavy atom. The Bertz CT molecular complexity index is 1030. The summed E-state index contributed by atoms with van der Waals surface area (Å²) in [5, 5.41) is 31.2. The second-order valence-electron chi connectivity index (χ2n) is 5.17. The lowest BCUT2D eigenvalue weighted by Gasteiger charge is -2.14. The van der Waals surface area contributed by atoms with Gasteiger partial charge >= 0.3 is 5.97 Å². The Balaban J connectivity index is 2.16. The van der Waals surface area contributed by atoms with E-state index in [9.17, 15) is 34.6 Å². The van der Waals surface area contributed by atoms with Gasteiger partial charge in [-0.25, -0.2) is 9.69 Å². The number of nitro benzene ring substituents is 2. The van der Waals surface area contributed by atoms with Crippen molar-refractivity contribution in [3.05, 3.63) is 73.3 Å². The van der Waals surface area contributed by atoms with Gasteiger partial charge in [-0.05, 0) is 18.2 Å². The highest BCUT2D eigenvalue weighted by Crippen LogP contribution is 2.35. The number of imide groups is 1. The summed E-state index contributed by atoms with van der Waals surface area (Å²) in [4.78, 5) is 57.0. The van der Waals surface area contributed by atoms with E-state index >= 15 is 0 Å². The molecule has 2 amide bonds. The summed E-state index contributed by atoms with van der Waals surface area (Å²) in [7, 11) is 0. The Morgan fingerprint density at radius 1 is 0.962 bits per heavy atom. The van der Waals surface area contributed by atoms with Gasteiger partial charge in [0, 0.05) is 12.1 Å². The second kappa shape index (κ2) is 5.73. The van der Waals surface area contributed by atoms with E-state index in [0.29, 0.717) is 4.90 Å². The van der Waals surface area contributed by atoms with Crippen molar-refractivity contribution in [2.75, 3.05) is 4.90 Å². The van der Waals surface area contributed by atoms with Crippen LogP contribution in [0.25, 0.3) is 0 Å². The minimum atomic E-state index is -1.55. The molecule has 0 unspecified atom stereocenters. The highest BCUT2D eigenvalue weighted by Gasteiger charge is 2.42. The quantitative estimate of drug-likeness (QED) is 0.493. The van der Waals surface area contributed by atoms with Crippen molar-refractivity contribution >= 4 is 34.8 Å². The molecule has 1 N–H and O–H groups in total. The summed E-state index contributed by atoms with van der Waals surface area (Å²) >= 11 is 0. The molecule has 26 heavy (non-hydrogen) atoms.